The van der Waals surface area contributed by atoms with Gasteiger partial charge in [-0.05, 0) is 30.5 Å². The van der Waals surface area contributed by atoms with Gasteiger partial charge in [0.25, 0.3) is 0 Å². The maximum atomic E-state index is 6.08. The standard InChI is InChI=1S/C11H15Cl2N/c1-2-8(7-14)6-9-4-3-5-10(12)11(9)13/h3-5,8H,2,6-7,14H2,1H3. The van der Waals surface area contributed by atoms with Crippen LogP contribution in [0.1, 0.15) is 18.9 Å². The second-order valence-corrected chi connectivity index (χ2v) is 4.21. The summed E-state index contributed by atoms with van der Waals surface area (Å²) in [4.78, 5) is 0. The van der Waals surface area contributed by atoms with E-state index in [0.29, 0.717) is 22.5 Å². The van der Waals surface area contributed by atoms with Crippen molar-refractivity contribution >= 4 is 23.2 Å². The zero-order valence-electron chi connectivity index (χ0n) is 8.26. The third kappa shape index (κ3) is 2.88. The smallest absolute Gasteiger partial charge is 0.0624 e. The molecule has 0 aromatic heterocycles. The van der Waals surface area contributed by atoms with Crippen LogP contribution in [-0.2, 0) is 6.42 Å². The molecule has 0 radical (unpaired) electrons. The molecule has 0 saturated carbocycles. The lowest BCUT2D eigenvalue weighted by Gasteiger charge is -2.13. The van der Waals surface area contributed by atoms with E-state index < -0.39 is 0 Å². The minimum Gasteiger partial charge on any atom is -0.330 e. The predicted octanol–water partition coefficient (Wildman–Crippen LogP) is 3.52. The summed E-state index contributed by atoms with van der Waals surface area (Å²) in [5.74, 6) is 0.492. The molecule has 1 rings (SSSR count). The summed E-state index contributed by atoms with van der Waals surface area (Å²) in [7, 11) is 0. The van der Waals surface area contributed by atoms with Gasteiger partial charge in [0.15, 0.2) is 0 Å². The molecule has 2 N–H and O–H groups in total. The lowest BCUT2D eigenvalue weighted by molar-refractivity contribution is 0.519. The number of hydrogen-bond acceptors (Lipinski definition) is 1. The first kappa shape index (κ1) is 11.8. The second-order valence-electron chi connectivity index (χ2n) is 3.43. The van der Waals surface area contributed by atoms with Gasteiger partial charge in [0.1, 0.15) is 0 Å². The van der Waals surface area contributed by atoms with Gasteiger partial charge in [-0.25, -0.2) is 0 Å². The van der Waals surface area contributed by atoms with Gasteiger partial charge in [0, 0.05) is 0 Å². The Balaban J connectivity index is 2.80. The average Bonchev–Trinajstić information content (AvgIpc) is 2.20. The Labute approximate surface area is 95.2 Å². The lowest BCUT2D eigenvalue weighted by Crippen LogP contribution is -2.16. The topological polar surface area (TPSA) is 26.0 Å². The lowest BCUT2D eigenvalue weighted by atomic mass is 9.97. The van der Waals surface area contributed by atoms with Gasteiger partial charge < -0.3 is 5.73 Å². The van der Waals surface area contributed by atoms with Crippen molar-refractivity contribution in [3.05, 3.63) is 33.8 Å². The van der Waals surface area contributed by atoms with Crippen molar-refractivity contribution in [1.29, 1.82) is 0 Å². The maximum absolute atomic E-state index is 6.08. The fraction of sp³-hybridized carbons (Fsp3) is 0.455. The molecular weight excluding hydrogens is 217 g/mol. The third-order valence-electron chi connectivity index (χ3n) is 2.45. The van der Waals surface area contributed by atoms with E-state index in [2.05, 4.69) is 6.92 Å². The first-order valence-corrected chi connectivity index (χ1v) is 5.57. The van der Waals surface area contributed by atoms with Crippen LogP contribution < -0.4 is 5.73 Å². The van der Waals surface area contributed by atoms with Crippen LogP contribution in [0.2, 0.25) is 10.0 Å². The van der Waals surface area contributed by atoms with Crippen LogP contribution in [0.15, 0.2) is 18.2 Å². The number of rotatable bonds is 4. The van der Waals surface area contributed by atoms with E-state index in [4.69, 9.17) is 28.9 Å². The van der Waals surface area contributed by atoms with Crippen LogP contribution in [0.25, 0.3) is 0 Å². The molecule has 1 atom stereocenters. The molecule has 0 amide bonds. The second kappa shape index (κ2) is 5.59. The molecule has 0 heterocycles. The normalized spacial score (nSPS) is 12.9. The molecule has 0 bridgehead atoms. The van der Waals surface area contributed by atoms with E-state index in [1.807, 2.05) is 12.1 Å². The fourth-order valence-electron chi connectivity index (χ4n) is 1.41. The summed E-state index contributed by atoms with van der Waals surface area (Å²) in [5.41, 5.74) is 6.74. The van der Waals surface area contributed by atoms with Crippen LogP contribution in [0.4, 0.5) is 0 Å². The Kier molecular flexibility index (Phi) is 4.73. The van der Waals surface area contributed by atoms with Gasteiger partial charge in [-0.2, -0.15) is 0 Å². The Morgan fingerprint density at radius 1 is 1.36 bits per heavy atom. The zero-order valence-corrected chi connectivity index (χ0v) is 9.78. The summed E-state index contributed by atoms with van der Waals surface area (Å²) < 4.78 is 0. The minimum absolute atomic E-state index is 0.492. The van der Waals surface area contributed by atoms with E-state index in [9.17, 15) is 0 Å². The van der Waals surface area contributed by atoms with Crippen LogP contribution in [0.5, 0.6) is 0 Å². The van der Waals surface area contributed by atoms with E-state index in [-0.39, 0.29) is 0 Å². The van der Waals surface area contributed by atoms with Gasteiger partial charge in [0.2, 0.25) is 0 Å². The third-order valence-corrected chi connectivity index (χ3v) is 3.31. The average molecular weight is 232 g/mol. The van der Waals surface area contributed by atoms with Crippen molar-refractivity contribution in [3.8, 4) is 0 Å². The van der Waals surface area contributed by atoms with Gasteiger partial charge in [-0.3, -0.25) is 0 Å². The largest absolute Gasteiger partial charge is 0.330 e. The molecule has 1 aromatic rings. The summed E-state index contributed by atoms with van der Waals surface area (Å²) in [6.45, 7) is 2.83. The predicted molar refractivity (Wildman–Crippen MR) is 63.0 cm³/mol. The van der Waals surface area contributed by atoms with Gasteiger partial charge in [-0.1, -0.05) is 48.7 Å². The molecule has 1 aromatic carbocycles. The van der Waals surface area contributed by atoms with Gasteiger partial charge in [-0.15, -0.1) is 0 Å². The summed E-state index contributed by atoms with van der Waals surface area (Å²) >= 11 is 12.0. The maximum Gasteiger partial charge on any atom is 0.0624 e. The zero-order chi connectivity index (χ0) is 10.6. The molecule has 3 heteroatoms. The molecule has 14 heavy (non-hydrogen) atoms. The first-order chi connectivity index (χ1) is 6.69. The fourth-order valence-corrected chi connectivity index (χ4v) is 1.81. The van der Waals surface area contributed by atoms with E-state index in [1.54, 1.807) is 6.07 Å². The summed E-state index contributed by atoms with van der Waals surface area (Å²) in [6.07, 6.45) is 1.98. The highest BCUT2D eigenvalue weighted by Crippen LogP contribution is 2.27. The van der Waals surface area contributed by atoms with Crippen molar-refractivity contribution in [2.75, 3.05) is 6.54 Å². The molecule has 1 nitrogen and oxygen atoms in total. The van der Waals surface area contributed by atoms with Crippen molar-refractivity contribution in [2.45, 2.75) is 19.8 Å². The van der Waals surface area contributed by atoms with Gasteiger partial charge in [0.05, 0.1) is 10.0 Å². The van der Waals surface area contributed by atoms with Crippen molar-refractivity contribution in [2.24, 2.45) is 11.7 Å². The van der Waals surface area contributed by atoms with Crippen LogP contribution in [-0.4, -0.2) is 6.54 Å². The van der Waals surface area contributed by atoms with Gasteiger partial charge >= 0.3 is 0 Å². The Morgan fingerprint density at radius 2 is 2.07 bits per heavy atom. The van der Waals surface area contributed by atoms with E-state index >= 15 is 0 Å². The Morgan fingerprint density at radius 3 is 2.64 bits per heavy atom. The quantitative estimate of drug-likeness (QED) is 0.844. The molecular formula is C11H15Cl2N. The highest BCUT2D eigenvalue weighted by Gasteiger charge is 2.09. The van der Waals surface area contributed by atoms with Crippen molar-refractivity contribution in [3.63, 3.8) is 0 Å². The van der Waals surface area contributed by atoms with Crippen molar-refractivity contribution < 1.29 is 0 Å². The highest BCUT2D eigenvalue weighted by molar-refractivity contribution is 6.42. The summed E-state index contributed by atoms with van der Waals surface area (Å²) in [6, 6.07) is 5.73. The molecule has 1 unspecified atom stereocenters. The number of hydrogen-bond donors (Lipinski definition) is 1. The number of benzene rings is 1. The van der Waals surface area contributed by atoms with Crippen molar-refractivity contribution in [1.82, 2.24) is 0 Å². The Bertz CT molecular complexity index is 295. The van der Waals surface area contributed by atoms with E-state index in [0.717, 1.165) is 18.4 Å². The molecule has 0 aliphatic rings. The molecule has 0 aliphatic carbocycles. The Hall–Kier alpha value is -0.240. The monoisotopic (exact) mass is 231 g/mol. The van der Waals surface area contributed by atoms with Crippen LogP contribution in [0, 0.1) is 5.92 Å². The number of nitrogens with two attached hydrogens (primary N) is 1. The van der Waals surface area contributed by atoms with E-state index in [1.165, 1.54) is 0 Å². The molecule has 78 valence electrons. The molecule has 0 fully saturated rings. The SMILES string of the molecule is CCC(CN)Cc1cccc(Cl)c1Cl. The first-order valence-electron chi connectivity index (χ1n) is 4.82. The number of halogens is 2. The molecule has 0 spiro atoms. The summed E-state index contributed by atoms with van der Waals surface area (Å²) in [5, 5.41) is 1.29. The molecule has 0 saturated heterocycles. The molecule has 0 aliphatic heterocycles. The van der Waals surface area contributed by atoms with Crippen LogP contribution in [0.3, 0.4) is 0 Å². The van der Waals surface area contributed by atoms with Crippen LogP contribution >= 0.6 is 23.2 Å². The highest BCUT2D eigenvalue weighted by atomic mass is 35.5. The minimum atomic E-state index is 0.492.